The van der Waals surface area contributed by atoms with Gasteiger partial charge in [-0.3, -0.25) is 0 Å². The van der Waals surface area contributed by atoms with Crippen LogP contribution in [0, 0.1) is 11.6 Å². The van der Waals surface area contributed by atoms with Gasteiger partial charge in [-0.25, -0.2) is 14.2 Å². The summed E-state index contributed by atoms with van der Waals surface area (Å²) in [5.74, 6) is -1.10. The molecule has 0 radical (unpaired) electrons. The van der Waals surface area contributed by atoms with Gasteiger partial charge in [0.2, 0.25) is 0 Å². The molecule has 0 saturated carbocycles. The zero-order valence-electron chi connectivity index (χ0n) is 9.08. The monoisotopic (exact) mass is 234 g/mol. The van der Waals surface area contributed by atoms with E-state index >= 15 is 0 Å². The first-order valence-corrected chi connectivity index (χ1v) is 5.24. The Morgan fingerprint density at radius 2 is 1.47 bits per heavy atom. The number of hydrogen-bond donors (Lipinski definition) is 2. The third-order valence-electron chi connectivity index (χ3n) is 2.33. The van der Waals surface area contributed by atoms with E-state index in [1.807, 2.05) is 30.3 Å². The summed E-state index contributed by atoms with van der Waals surface area (Å²) in [5.41, 5.74) is 6.50. The lowest BCUT2D eigenvalue weighted by molar-refractivity contribution is 0.545. The summed E-state index contributed by atoms with van der Waals surface area (Å²) in [6, 6.07) is 13.2. The molecule has 0 atom stereocenters. The Balaban J connectivity index is 1.95. The molecule has 2 aromatic carbocycles. The van der Waals surface area contributed by atoms with Crippen LogP contribution in [-0.4, -0.2) is 0 Å². The normalized spacial score (nSPS) is 10.2. The van der Waals surface area contributed by atoms with Crippen molar-refractivity contribution < 1.29 is 8.78 Å². The molecule has 17 heavy (non-hydrogen) atoms. The zero-order valence-corrected chi connectivity index (χ0v) is 9.08. The minimum absolute atomic E-state index is 0.0240. The van der Waals surface area contributed by atoms with Crippen molar-refractivity contribution in [2.75, 3.05) is 5.43 Å². The quantitative estimate of drug-likeness (QED) is 0.794. The van der Waals surface area contributed by atoms with Crippen LogP contribution in [0.15, 0.2) is 48.5 Å². The van der Waals surface area contributed by atoms with Gasteiger partial charge >= 0.3 is 0 Å². The highest BCUT2D eigenvalue weighted by Crippen LogP contribution is 2.11. The fraction of sp³-hybridized carbons (Fsp3) is 0.0769. The van der Waals surface area contributed by atoms with E-state index in [4.69, 9.17) is 0 Å². The van der Waals surface area contributed by atoms with Crippen molar-refractivity contribution in [3.05, 3.63) is 65.7 Å². The van der Waals surface area contributed by atoms with Crippen LogP contribution in [0.5, 0.6) is 0 Å². The lowest BCUT2D eigenvalue weighted by atomic mass is 10.2. The van der Waals surface area contributed by atoms with E-state index in [9.17, 15) is 8.78 Å². The molecule has 2 nitrogen and oxygen atoms in total. The molecule has 4 heteroatoms. The second-order valence-electron chi connectivity index (χ2n) is 3.54. The minimum Gasteiger partial charge on any atom is -0.321 e. The Morgan fingerprint density at radius 3 is 2.12 bits per heavy atom. The van der Waals surface area contributed by atoms with Gasteiger partial charge in [0.25, 0.3) is 0 Å². The molecule has 2 rings (SSSR count). The standard InChI is InChI=1S/C13H12F2N2/c14-12-7-4-8-13(15)11(12)9-16-17-10-5-2-1-3-6-10/h1-8,16-17H,9H2. The number of hydrogen-bond acceptors (Lipinski definition) is 2. The molecule has 0 spiro atoms. The summed E-state index contributed by atoms with van der Waals surface area (Å²) < 4.78 is 26.5. The molecule has 0 fully saturated rings. The molecule has 0 unspecified atom stereocenters. The molecule has 0 aliphatic rings. The van der Waals surface area contributed by atoms with Crippen molar-refractivity contribution >= 4 is 5.69 Å². The molecular formula is C13H12F2N2. The van der Waals surface area contributed by atoms with Crippen LogP contribution < -0.4 is 10.9 Å². The van der Waals surface area contributed by atoms with E-state index < -0.39 is 11.6 Å². The number of rotatable bonds is 4. The maximum absolute atomic E-state index is 13.3. The van der Waals surface area contributed by atoms with Crippen LogP contribution in [0.4, 0.5) is 14.5 Å². The van der Waals surface area contributed by atoms with E-state index in [2.05, 4.69) is 10.9 Å². The maximum atomic E-state index is 13.3. The van der Waals surface area contributed by atoms with Gasteiger partial charge < -0.3 is 5.43 Å². The number of para-hydroxylation sites is 1. The molecule has 0 aliphatic heterocycles. The highest BCUT2D eigenvalue weighted by atomic mass is 19.1. The summed E-state index contributed by atoms with van der Waals surface area (Å²) in [5, 5.41) is 0. The number of benzene rings is 2. The van der Waals surface area contributed by atoms with E-state index in [-0.39, 0.29) is 12.1 Å². The summed E-state index contributed by atoms with van der Waals surface area (Å²) in [7, 11) is 0. The van der Waals surface area contributed by atoms with E-state index in [0.717, 1.165) is 5.69 Å². The van der Waals surface area contributed by atoms with Gasteiger partial charge in [-0.2, -0.15) is 0 Å². The molecule has 0 aliphatic carbocycles. The van der Waals surface area contributed by atoms with Crippen molar-refractivity contribution in [3.63, 3.8) is 0 Å². The summed E-state index contributed by atoms with van der Waals surface area (Å²) >= 11 is 0. The van der Waals surface area contributed by atoms with Crippen molar-refractivity contribution in [2.45, 2.75) is 6.54 Å². The number of anilines is 1. The molecule has 0 aromatic heterocycles. The van der Waals surface area contributed by atoms with Crippen LogP contribution in [0.25, 0.3) is 0 Å². The van der Waals surface area contributed by atoms with Gasteiger partial charge in [-0.15, -0.1) is 0 Å². The average Bonchev–Trinajstić information content (AvgIpc) is 2.34. The van der Waals surface area contributed by atoms with Crippen molar-refractivity contribution in [2.24, 2.45) is 0 Å². The second kappa shape index (κ2) is 5.41. The van der Waals surface area contributed by atoms with Gasteiger partial charge in [0.15, 0.2) is 0 Å². The lowest BCUT2D eigenvalue weighted by Gasteiger charge is -2.09. The minimum atomic E-state index is -0.549. The molecule has 2 aromatic rings. The van der Waals surface area contributed by atoms with Crippen LogP contribution in [0.3, 0.4) is 0 Å². The van der Waals surface area contributed by atoms with Crippen molar-refractivity contribution in [1.29, 1.82) is 0 Å². The molecule has 88 valence electrons. The van der Waals surface area contributed by atoms with Gasteiger partial charge in [0.05, 0.1) is 0 Å². The van der Waals surface area contributed by atoms with E-state index in [0.29, 0.717) is 0 Å². The van der Waals surface area contributed by atoms with E-state index in [1.165, 1.54) is 18.2 Å². The summed E-state index contributed by atoms with van der Waals surface area (Å²) in [6.45, 7) is 0.0768. The maximum Gasteiger partial charge on any atom is 0.130 e. The van der Waals surface area contributed by atoms with Crippen molar-refractivity contribution in [3.8, 4) is 0 Å². The van der Waals surface area contributed by atoms with Gasteiger partial charge in [-0.05, 0) is 24.3 Å². The Kier molecular flexibility index (Phi) is 3.67. The lowest BCUT2D eigenvalue weighted by Crippen LogP contribution is -2.22. The molecular weight excluding hydrogens is 222 g/mol. The number of nitrogens with one attached hydrogen (secondary N) is 2. The number of hydrazine groups is 1. The van der Waals surface area contributed by atoms with Gasteiger partial charge in [0.1, 0.15) is 11.6 Å². The Morgan fingerprint density at radius 1 is 0.824 bits per heavy atom. The van der Waals surface area contributed by atoms with Crippen molar-refractivity contribution in [1.82, 2.24) is 5.43 Å². The number of halogens is 2. The third kappa shape index (κ3) is 3.01. The first kappa shape index (κ1) is 11.5. The first-order chi connectivity index (χ1) is 8.27. The largest absolute Gasteiger partial charge is 0.321 e. The first-order valence-electron chi connectivity index (χ1n) is 5.24. The topological polar surface area (TPSA) is 24.1 Å². The molecule has 0 heterocycles. The SMILES string of the molecule is Fc1cccc(F)c1CNNc1ccccc1. The predicted molar refractivity (Wildman–Crippen MR) is 63.3 cm³/mol. The molecule has 2 N–H and O–H groups in total. The Bertz CT molecular complexity index is 466. The Labute approximate surface area is 98.3 Å². The summed E-state index contributed by atoms with van der Waals surface area (Å²) in [6.07, 6.45) is 0. The van der Waals surface area contributed by atoms with Crippen LogP contribution in [0.1, 0.15) is 5.56 Å². The third-order valence-corrected chi connectivity index (χ3v) is 2.33. The molecule has 0 saturated heterocycles. The second-order valence-corrected chi connectivity index (χ2v) is 3.54. The smallest absolute Gasteiger partial charge is 0.130 e. The summed E-state index contributed by atoms with van der Waals surface area (Å²) in [4.78, 5) is 0. The molecule has 0 amide bonds. The van der Waals surface area contributed by atoms with Crippen LogP contribution >= 0.6 is 0 Å². The van der Waals surface area contributed by atoms with Crippen LogP contribution in [0.2, 0.25) is 0 Å². The predicted octanol–water partition coefficient (Wildman–Crippen LogP) is 3.08. The fourth-order valence-electron chi connectivity index (χ4n) is 1.46. The molecule has 0 bridgehead atoms. The fourth-order valence-corrected chi connectivity index (χ4v) is 1.46. The van der Waals surface area contributed by atoms with Crippen LogP contribution in [-0.2, 0) is 6.54 Å². The average molecular weight is 234 g/mol. The zero-order chi connectivity index (χ0) is 12.1. The highest BCUT2D eigenvalue weighted by Gasteiger charge is 2.06. The highest BCUT2D eigenvalue weighted by molar-refractivity contribution is 5.41. The Hall–Kier alpha value is -1.94. The van der Waals surface area contributed by atoms with Gasteiger partial charge in [0, 0.05) is 17.8 Å². The van der Waals surface area contributed by atoms with E-state index in [1.54, 1.807) is 0 Å². The van der Waals surface area contributed by atoms with Gasteiger partial charge in [-0.1, -0.05) is 24.3 Å².